The Morgan fingerprint density at radius 2 is 1.91 bits per heavy atom. The molecule has 1 aromatic carbocycles. The summed E-state index contributed by atoms with van der Waals surface area (Å²) in [6.07, 6.45) is 4.15. The van der Waals surface area contributed by atoms with Crippen molar-refractivity contribution in [1.82, 2.24) is 20.1 Å². The minimum absolute atomic E-state index is 0.132. The Balaban J connectivity index is 1.32. The fourth-order valence-corrected chi connectivity index (χ4v) is 7.06. The second-order valence-corrected chi connectivity index (χ2v) is 15.1. The first-order chi connectivity index (χ1) is 21.1. The van der Waals surface area contributed by atoms with Crippen molar-refractivity contribution < 1.29 is 42.3 Å². The van der Waals surface area contributed by atoms with Gasteiger partial charge in [0.25, 0.3) is 5.91 Å². The van der Waals surface area contributed by atoms with Gasteiger partial charge in [-0.25, -0.2) is 0 Å². The number of thiophene rings is 1. The van der Waals surface area contributed by atoms with Gasteiger partial charge in [-0.3, -0.25) is 23.9 Å². The van der Waals surface area contributed by atoms with E-state index < -0.39 is 48.1 Å². The number of nitrogens with one attached hydrogen (secondary N) is 1. The van der Waals surface area contributed by atoms with Crippen molar-refractivity contribution in [1.29, 1.82) is 0 Å². The van der Waals surface area contributed by atoms with Crippen LogP contribution in [0.15, 0.2) is 48.8 Å². The number of halogens is 2. The van der Waals surface area contributed by atoms with Crippen molar-refractivity contribution in [2.75, 3.05) is 26.2 Å². The van der Waals surface area contributed by atoms with Gasteiger partial charge in [0.2, 0.25) is 11.8 Å². The quantitative estimate of drug-likeness (QED) is 0.318. The zero-order valence-corrected chi connectivity index (χ0v) is 26.7. The highest BCUT2D eigenvalue weighted by Gasteiger charge is 2.50. The summed E-state index contributed by atoms with van der Waals surface area (Å²) in [6.45, 7) is 6.81. The predicted molar refractivity (Wildman–Crippen MR) is 163 cm³/mol. The van der Waals surface area contributed by atoms with Crippen LogP contribution in [0.3, 0.4) is 0 Å². The highest BCUT2D eigenvalue weighted by molar-refractivity contribution is 7.52. The third-order valence-electron chi connectivity index (χ3n) is 8.10. The van der Waals surface area contributed by atoms with Crippen LogP contribution >= 0.6 is 18.9 Å². The molecule has 2 saturated heterocycles. The highest BCUT2D eigenvalue weighted by Crippen LogP contribution is 2.59. The van der Waals surface area contributed by atoms with Crippen LogP contribution in [0, 0.1) is 5.41 Å². The lowest BCUT2D eigenvalue weighted by atomic mass is 9.85. The van der Waals surface area contributed by atoms with Crippen LogP contribution in [0.5, 0.6) is 0 Å². The molecule has 1 unspecified atom stereocenters. The van der Waals surface area contributed by atoms with Crippen molar-refractivity contribution in [2.45, 2.75) is 57.5 Å². The van der Waals surface area contributed by atoms with Crippen molar-refractivity contribution in [3.8, 4) is 0 Å². The van der Waals surface area contributed by atoms with E-state index in [0.717, 1.165) is 29.0 Å². The van der Waals surface area contributed by atoms with E-state index in [2.05, 4.69) is 10.3 Å². The number of likely N-dealkylation sites (tertiary alicyclic amines) is 1. The van der Waals surface area contributed by atoms with Crippen LogP contribution in [0.25, 0.3) is 10.1 Å². The number of amides is 3. The molecule has 2 aromatic heterocycles. The van der Waals surface area contributed by atoms with Gasteiger partial charge in [-0.1, -0.05) is 32.9 Å². The number of alkyl halides is 2. The first-order valence-electron chi connectivity index (χ1n) is 14.5. The summed E-state index contributed by atoms with van der Waals surface area (Å²) in [7, 11) is -5.77. The third kappa shape index (κ3) is 6.80. The molecule has 3 atom stereocenters. The minimum atomic E-state index is -5.77. The molecule has 3 amide bonds. The van der Waals surface area contributed by atoms with Gasteiger partial charge < -0.3 is 29.6 Å². The zero-order chi connectivity index (χ0) is 32.7. The van der Waals surface area contributed by atoms with Gasteiger partial charge in [0.05, 0.1) is 18.0 Å². The topological polar surface area (TPSA) is 149 Å². The fraction of sp³-hybridized carbons (Fsp3) is 0.467. The second-order valence-electron chi connectivity index (χ2n) is 12.3. The van der Waals surface area contributed by atoms with E-state index in [1.165, 1.54) is 17.0 Å². The number of ether oxygens (including phenoxy) is 1. The number of hydrogen-bond acceptors (Lipinski definition) is 7. The van der Waals surface area contributed by atoms with Gasteiger partial charge >= 0.3 is 13.3 Å². The normalized spacial score (nSPS) is 20.3. The first-order valence-corrected chi connectivity index (χ1v) is 16.9. The molecule has 15 heteroatoms. The summed E-state index contributed by atoms with van der Waals surface area (Å²) in [5, 5.41) is 3.01. The van der Waals surface area contributed by atoms with Gasteiger partial charge in [0.15, 0.2) is 0 Å². The van der Waals surface area contributed by atoms with Gasteiger partial charge in [-0.15, -0.1) is 11.3 Å². The molecule has 2 fully saturated rings. The van der Waals surface area contributed by atoms with Crippen molar-refractivity contribution in [3.05, 3.63) is 64.8 Å². The summed E-state index contributed by atoms with van der Waals surface area (Å²) < 4.78 is 46.2. The lowest BCUT2D eigenvalue weighted by molar-refractivity contribution is -0.150. The lowest BCUT2D eigenvalue weighted by Gasteiger charge is -2.38. The van der Waals surface area contributed by atoms with Crippen LogP contribution in [0.4, 0.5) is 8.78 Å². The number of fused-ring (bicyclic) bond motifs is 1. The number of carbonyl (C=O) groups excluding carboxylic acids is 3. The number of benzene rings is 1. The molecule has 0 aliphatic carbocycles. The van der Waals surface area contributed by atoms with Crippen molar-refractivity contribution in [2.24, 2.45) is 5.41 Å². The average molecular weight is 665 g/mol. The van der Waals surface area contributed by atoms with Gasteiger partial charge in [0.1, 0.15) is 18.2 Å². The molecule has 3 N–H and O–H groups in total. The molecule has 0 spiro atoms. The summed E-state index contributed by atoms with van der Waals surface area (Å²) >= 11 is 0.998. The molecular weight excluding hydrogens is 629 g/mol. The molecule has 0 bridgehead atoms. The molecule has 11 nitrogen and oxygen atoms in total. The molecule has 45 heavy (non-hydrogen) atoms. The molecule has 3 aromatic rings. The molecule has 4 heterocycles. The van der Waals surface area contributed by atoms with Gasteiger partial charge in [-0.05, 0) is 47.9 Å². The zero-order valence-electron chi connectivity index (χ0n) is 25.0. The van der Waals surface area contributed by atoms with Crippen LogP contribution in [-0.2, 0) is 24.6 Å². The molecule has 0 radical (unpaired) electrons. The molecule has 2 aliphatic heterocycles. The molecule has 0 saturated carbocycles. The van der Waals surface area contributed by atoms with Crippen LogP contribution in [0.2, 0.25) is 0 Å². The Morgan fingerprint density at radius 3 is 2.58 bits per heavy atom. The Hall–Kier alpha value is -3.29. The predicted octanol–water partition coefficient (Wildman–Crippen LogP) is 4.26. The number of pyridine rings is 1. The number of carbonyl (C=O) groups is 3. The van der Waals surface area contributed by atoms with E-state index >= 15 is 0 Å². The highest BCUT2D eigenvalue weighted by atomic mass is 32.1. The van der Waals surface area contributed by atoms with Gasteiger partial charge in [-0.2, -0.15) is 8.78 Å². The van der Waals surface area contributed by atoms with Crippen LogP contribution < -0.4 is 5.32 Å². The summed E-state index contributed by atoms with van der Waals surface area (Å²) in [6, 6.07) is 6.47. The average Bonchev–Trinajstić information content (AvgIpc) is 3.66. The van der Waals surface area contributed by atoms with Crippen LogP contribution in [-0.4, -0.2) is 80.6 Å². The number of aromatic nitrogens is 1. The SMILES string of the molecule is CC(C)(C)[C@H](NC(=O)c1cc2cc(C(F)(F)P(=O)(O)O)ccc2s1)C(=O)N1CCC[C@H]1C(=O)N1CCOC(c2cccnc2)C1. The molecule has 2 aliphatic rings. The first kappa shape index (κ1) is 33.1. The van der Waals surface area contributed by atoms with E-state index in [4.69, 9.17) is 14.5 Å². The maximum atomic E-state index is 14.3. The molecule has 5 rings (SSSR count). The fourth-order valence-electron chi connectivity index (χ4n) is 5.64. The number of rotatable bonds is 7. The number of nitrogens with zero attached hydrogens (tertiary/aromatic N) is 3. The Labute approximate surface area is 262 Å². The smallest absolute Gasteiger partial charge is 0.370 e. The van der Waals surface area contributed by atoms with E-state index in [0.29, 0.717) is 43.8 Å². The third-order valence-corrected chi connectivity index (χ3v) is 10.2. The van der Waals surface area contributed by atoms with Crippen molar-refractivity contribution in [3.63, 3.8) is 0 Å². The van der Waals surface area contributed by atoms with E-state index in [-0.39, 0.29) is 22.3 Å². The van der Waals surface area contributed by atoms with Gasteiger partial charge in [0, 0.05) is 41.3 Å². The molecular formula is C30H35F2N4O7PS. The van der Waals surface area contributed by atoms with E-state index in [9.17, 15) is 27.7 Å². The maximum absolute atomic E-state index is 14.3. The molecule has 242 valence electrons. The summed E-state index contributed by atoms with van der Waals surface area (Å²) in [4.78, 5) is 66.9. The monoisotopic (exact) mass is 664 g/mol. The maximum Gasteiger partial charge on any atom is 0.399 e. The lowest BCUT2D eigenvalue weighted by Crippen LogP contribution is -2.58. The Kier molecular flexibility index (Phi) is 9.18. The van der Waals surface area contributed by atoms with Crippen molar-refractivity contribution >= 4 is 46.7 Å². The largest absolute Gasteiger partial charge is 0.399 e. The van der Waals surface area contributed by atoms with Crippen LogP contribution in [0.1, 0.15) is 60.5 Å². The minimum Gasteiger partial charge on any atom is -0.370 e. The summed E-state index contributed by atoms with van der Waals surface area (Å²) in [5.41, 5.74) is -5.15. The standard InChI is InChI=1S/C30H35F2N4O7PS/c1-29(2,3)25(34-26(37)24-15-19-14-20(8-9-23(19)45-24)30(31,32)44(40,41)42)28(39)36-11-5-7-21(36)27(38)35-12-13-43-22(17-35)18-6-4-10-33-16-18/h4,6,8-10,14-16,21-22,25H,5,7,11-13,17H2,1-3H3,(H,34,37)(H2,40,41,42)/t21-,22?,25+/m0/s1. The number of hydrogen-bond donors (Lipinski definition) is 3. The van der Waals surface area contributed by atoms with E-state index in [1.54, 1.807) is 44.1 Å². The second kappa shape index (κ2) is 12.5. The Bertz CT molecular complexity index is 1640. The Morgan fingerprint density at radius 1 is 1.16 bits per heavy atom. The number of morpholine rings is 1. The van der Waals surface area contributed by atoms with E-state index in [1.807, 2.05) is 6.07 Å². The summed E-state index contributed by atoms with van der Waals surface area (Å²) in [5.74, 6) is -1.18.